The van der Waals surface area contributed by atoms with Gasteiger partial charge in [0.25, 0.3) is 0 Å². The zero-order valence-electron chi connectivity index (χ0n) is 11.6. The summed E-state index contributed by atoms with van der Waals surface area (Å²) in [5.41, 5.74) is 2.52. The van der Waals surface area contributed by atoms with Gasteiger partial charge in [0.2, 0.25) is 0 Å². The molecule has 0 aromatic heterocycles. The van der Waals surface area contributed by atoms with Crippen molar-refractivity contribution >= 4 is 11.9 Å². The molecule has 20 heavy (non-hydrogen) atoms. The highest BCUT2D eigenvalue weighted by molar-refractivity contribution is 6.39. The van der Waals surface area contributed by atoms with E-state index < -0.39 is 5.66 Å². The maximum atomic E-state index is 5.18. The first-order chi connectivity index (χ1) is 9.71. The minimum absolute atomic E-state index is 0.544. The molecular formula is C17H16N2O. The summed E-state index contributed by atoms with van der Waals surface area (Å²) < 4.78 is 5.18. The fourth-order valence-corrected chi connectivity index (χ4v) is 2.27. The number of benzene rings is 2. The summed E-state index contributed by atoms with van der Waals surface area (Å²) in [4.78, 5) is 9.35. The van der Waals surface area contributed by atoms with Crippen molar-refractivity contribution in [2.24, 2.45) is 9.98 Å². The molecular weight excluding hydrogens is 248 g/mol. The first kappa shape index (κ1) is 12.6. The van der Waals surface area contributed by atoms with Crippen molar-refractivity contribution in [3.8, 4) is 5.75 Å². The zero-order chi connectivity index (χ0) is 14.0. The highest BCUT2D eigenvalue weighted by Gasteiger charge is 2.28. The molecule has 1 aliphatic heterocycles. The summed E-state index contributed by atoms with van der Waals surface area (Å²) in [5.74, 6) is 0.839. The van der Waals surface area contributed by atoms with Crippen LogP contribution < -0.4 is 4.74 Å². The number of rotatable bonds is 3. The van der Waals surface area contributed by atoms with Crippen molar-refractivity contribution in [2.45, 2.75) is 12.6 Å². The van der Waals surface area contributed by atoms with E-state index >= 15 is 0 Å². The zero-order valence-corrected chi connectivity index (χ0v) is 11.6. The van der Waals surface area contributed by atoms with Crippen molar-refractivity contribution in [1.29, 1.82) is 0 Å². The normalized spacial score (nSPS) is 20.8. The van der Waals surface area contributed by atoms with Gasteiger partial charge in [-0.25, -0.2) is 4.99 Å². The summed E-state index contributed by atoms with van der Waals surface area (Å²) >= 11 is 0. The van der Waals surface area contributed by atoms with Crippen LogP contribution in [-0.2, 0) is 5.66 Å². The Morgan fingerprint density at radius 2 is 1.65 bits per heavy atom. The van der Waals surface area contributed by atoms with Gasteiger partial charge in [0.1, 0.15) is 5.75 Å². The van der Waals surface area contributed by atoms with Gasteiger partial charge in [0.05, 0.1) is 19.0 Å². The molecule has 1 heterocycles. The molecule has 2 aromatic carbocycles. The van der Waals surface area contributed by atoms with Crippen molar-refractivity contribution in [3.05, 3.63) is 65.7 Å². The number of methoxy groups -OCH3 is 1. The van der Waals surface area contributed by atoms with Gasteiger partial charge in [0.15, 0.2) is 5.66 Å². The fourth-order valence-electron chi connectivity index (χ4n) is 2.27. The van der Waals surface area contributed by atoms with E-state index in [-0.39, 0.29) is 0 Å². The van der Waals surface area contributed by atoms with Gasteiger partial charge in [-0.05, 0) is 19.1 Å². The van der Waals surface area contributed by atoms with E-state index in [2.05, 4.69) is 4.99 Å². The Morgan fingerprint density at radius 1 is 0.950 bits per heavy atom. The Morgan fingerprint density at radius 3 is 2.30 bits per heavy atom. The van der Waals surface area contributed by atoms with Crippen LogP contribution in [0.3, 0.4) is 0 Å². The average molecular weight is 264 g/mol. The Balaban J connectivity index is 1.94. The second-order valence-electron chi connectivity index (χ2n) is 4.87. The average Bonchev–Trinajstić information content (AvgIpc) is 2.92. The molecule has 1 atom stereocenters. The van der Waals surface area contributed by atoms with Gasteiger partial charge in [-0.15, -0.1) is 0 Å². The summed E-state index contributed by atoms with van der Waals surface area (Å²) in [5, 5.41) is 0. The van der Waals surface area contributed by atoms with Gasteiger partial charge in [-0.2, -0.15) is 0 Å². The highest BCUT2D eigenvalue weighted by Crippen LogP contribution is 2.31. The number of ether oxygens (including phenoxy) is 1. The Labute approximate surface area is 118 Å². The molecule has 0 saturated heterocycles. The summed E-state index contributed by atoms with van der Waals surface area (Å²) in [6.45, 7) is 2.02. The van der Waals surface area contributed by atoms with Crippen molar-refractivity contribution in [2.75, 3.05) is 7.11 Å². The molecule has 100 valence electrons. The highest BCUT2D eigenvalue weighted by atomic mass is 16.5. The van der Waals surface area contributed by atoms with Gasteiger partial charge >= 0.3 is 0 Å². The first-order valence-corrected chi connectivity index (χ1v) is 6.56. The second-order valence-corrected chi connectivity index (χ2v) is 4.87. The van der Waals surface area contributed by atoms with Gasteiger partial charge in [-0.3, -0.25) is 4.99 Å². The van der Waals surface area contributed by atoms with E-state index in [0.717, 1.165) is 22.6 Å². The largest absolute Gasteiger partial charge is 0.497 e. The maximum Gasteiger partial charge on any atom is 0.173 e. The van der Waals surface area contributed by atoms with Crippen LogP contribution in [0.4, 0.5) is 0 Å². The third-order valence-electron chi connectivity index (χ3n) is 3.48. The molecule has 1 unspecified atom stereocenters. The van der Waals surface area contributed by atoms with E-state index in [1.807, 2.05) is 67.7 Å². The van der Waals surface area contributed by atoms with E-state index in [1.165, 1.54) is 0 Å². The molecule has 0 N–H and O–H groups in total. The molecule has 0 bridgehead atoms. The molecule has 1 aliphatic rings. The summed E-state index contributed by atoms with van der Waals surface area (Å²) in [6, 6.07) is 18.0. The number of hydrogen-bond acceptors (Lipinski definition) is 3. The Bertz CT molecular complexity index is 659. The topological polar surface area (TPSA) is 34.0 Å². The smallest absolute Gasteiger partial charge is 0.173 e. The van der Waals surface area contributed by atoms with Crippen LogP contribution in [0.15, 0.2) is 64.6 Å². The van der Waals surface area contributed by atoms with Gasteiger partial charge < -0.3 is 4.74 Å². The third kappa shape index (κ3) is 2.23. The van der Waals surface area contributed by atoms with Crippen molar-refractivity contribution < 1.29 is 4.74 Å². The van der Waals surface area contributed by atoms with Crippen molar-refractivity contribution in [1.82, 2.24) is 0 Å². The molecule has 0 fully saturated rings. The van der Waals surface area contributed by atoms with E-state index in [0.29, 0.717) is 0 Å². The van der Waals surface area contributed by atoms with Crippen LogP contribution in [0.1, 0.15) is 18.1 Å². The minimum atomic E-state index is -0.544. The van der Waals surface area contributed by atoms with Gasteiger partial charge in [0, 0.05) is 11.1 Å². The van der Waals surface area contributed by atoms with Crippen molar-refractivity contribution in [3.63, 3.8) is 0 Å². The van der Waals surface area contributed by atoms with Gasteiger partial charge in [-0.1, -0.05) is 42.5 Å². The molecule has 3 heteroatoms. The number of nitrogens with zero attached hydrogens (tertiary/aromatic N) is 2. The molecule has 0 amide bonds. The Hall–Kier alpha value is -2.42. The second kappa shape index (κ2) is 4.93. The minimum Gasteiger partial charge on any atom is -0.497 e. The lowest BCUT2D eigenvalue weighted by Gasteiger charge is -2.18. The summed E-state index contributed by atoms with van der Waals surface area (Å²) in [6.07, 6.45) is 1.85. The lowest BCUT2D eigenvalue weighted by atomic mass is 10.0. The molecule has 0 aliphatic carbocycles. The Kier molecular flexibility index (Phi) is 3.11. The first-order valence-electron chi connectivity index (χ1n) is 6.56. The molecule has 0 spiro atoms. The quantitative estimate of drug-likeness (QED) is 0.836. The molecule has 2 aromatic rings. The van der Waals surface area contributed by atoms with E-state index in [1.54, 1.807) is 7.11 Å². The van der Waals surface area contributed by atoms with Crippen LogP contribution >= 0.6 is 0 Å². The van der Waals surface area contributed by atoms with E-state index in [9.17, 15) is 0 Å². The number of hydrogen-bond donors (Lipinski definition) is 0. The number of aliphatic imine (C=N–C) groups is 2. The molecule has 0 saturated carbocycles. The predicted octanol–water partition coefficient (Wildman–Crippen LogP) is 3.44. The monoisotopic (exact) mass is 264 g/mol. The molecule has 3 nitrogen and oxygen atoms in total. The van der Waals surface area contributed by atoms with Crippen LogP contribution in [0.25, 0.3) is 0 Å². The van der Waals surface area contributed by atoms with Crippen LogP contribution in [-0.4, -0.2) is 19.0 Å². The van der Waals surface area contributed by atoms with Crippen LogP contribution in [0.5, 0.6) is 5.75 Å². The predicted molar refractivity (Wildman–Crippen MR) is 81.8 cm³/mol. The molecule has 3 rings (SSSR count). The van der Waals surface area contributed by atoms with Crippen LogP contribution in [0.2, 0.25) is 0 Å². The third-order valence-corrected chi connectivity index (χ3v) is 3.48. The van der Waals surface area contributed by atoms with E-state index in [4.69, 9.17) is 9.73 Å². The maximum absolute atomic E-state index is 5.18. The standard InChI is InChI=1S/C17H16N2O/c1-17(14-8-10-15(20-2)11-9-14)18-12-16(19-17)13-6-4-3-5-7-13/h3-12H,1-2H3. The SMILES string of the molecule is COc1ccc(C2(C)N=CC(c3ccccc3)=N2)cc1. The van der Waals surface area contributed by atoms with Crippen LogP contribution in [0, 0.1) is 0 Å². The summed E-state index contributed by atoms with van der Waals surface area (Å²) in [7, 11) is 1.66. The lowest BCUT2D eigenvalue weighted by molar-refractivity contribution is 0.414. The lowest BCUT2D eigenvalue weighted by Crippen LogP contribution is -2.13. The fraction of sp³-hybridized carbons (Fsp3) is 0.176. The molecule has 0 radical (unpaired) electrons.